The van der Waals surface area contributed by atoms with Gasteiger partial charge in [-0.3, -0.25) is 9.59 Å². The van der Waals surface area contributed by atoms with Gasteiger partial charge in [0, 0.05) is 5.69 Å². The van der Waals surface area contributed by atoms with E-state index < -0.39 is 23.6 Å². The number of allylic oxidation sites excluding steroid dienone is 2. The number of carbonyl (C=O) groups excluding carboxylic acids is 1. The number of hydrogen-bond acceptors (Lipinski definition) is 2. The fraction of sp³-hybridized carbons (Fsp3) is 0.286. The van der Waals surface area contributed by atoms with Crippen LogP contribution < -0.4 is 5.32 Å². The first-order chi connectivity index (χ1) is 9.08. The summed E-state index contributed by atoms with van der Waals surface area (Å²) < 4.78 is 13.0. The predicted octanol–water partition coefficient (Wildman–Crippen LogP) is 2.43. The molecule has 0 fully saturated rings. The third-order valence-electron chi connectivity index (χ3n) is 3.18. The first-order valence-corrected chi connectivity index (χ1v) is 6.02. The van der Waals surface area contributed by atoms with Crippen LogP contribution in [0.5, 0.6) is 0 Å². The van der Waals surface area contributed by atoms with Crippen molar-refractivity contribution in [1.29, 1.82) is 0 Å². The van der Waals surface area contributed by atoms with Gasteiger partial charge >= 0.3 is 5.97 Å². The van der Waals surface area contributed by atoms with E-state index in [0.29, 0.717) is 18.5 Å². The minimum absolute atomic E-state index is 0.337. The van der Waals surface area contributed by atoms with Crippen LogP contribution >= 0.6 is 0 Å². The molecule has 2 atom stereocenters. The van der Waals surface area contributed by atoms with Gasteiger partial charge in [-0.15, -0.1) is 0 Å². The smallest absolute Gasteiger partial charge is 0.307 e. The lowest BCUT2D eigenvalue weighted by Crippen LogP contribution is -2.34. The largest absolute Gasteiger partial charge is 0.481 e. The fourth-order valence-corrected chi connectivity index (χ4v) is 2.18. The molecule has 1 amide bonds. The van der Waals surface area contributed by atoms with E-state index in [1.165, 1.54) is 18.2 Å². The number of aliphatic carboxylic acids is 1. The Kier molecular flexibility index (Phi) is 3.94. The first-order valence-electron chi connectivity index (χ1n) is 6.02. The van der Waals surface area contributed by atoms with Crippen LogP contribution in [0.3, 0.4) is 0 Å². The summed E-state index contributed by atoms with van der Waals surface area (Å²) in [5.41, 5.74) is 0.337. The van der Waals surface area contributed by atoms with E-state index in [2.05, 4.69) is 5.32 Å². The quantitative estimate of drug-likeness (QED) is 0.823. The van der Waals surface area contributed by atoms with Gasteiger partial charge in [0.15, 0.2) is 0 Å². The van der Waals surface area contributed by atoms with Crippen LogP contribution in [0, 0.1) is 17.7 Å². The van der Waals surface area contributed by atoms with Crippen LogP contribution in [-0.4, -0.2) is 17.0 Å². The predicted molar refractivity (Wildman–Crippen MR) is 68.0 cm³/mol. The maximum Gasteiger partial charge on any atom is 0.307 e. The maximum absolute atomic E-state index is 13.0. The van der Waals surface area contributed by atoms with Gasteiger partial charge in [-0.25, -0.2) is 4.39 Å². The number of nitrogens with one attached hydrogen (secondary N) is 1. The van der Waals surface area contributed by atoms with E-state index in [9.17, 15) is 14.0 Å². The van der Waals surface area contributed by atoms with Gasteiger partial charge in [-0.05, 0) is 31.0 Å². The van der Waals surface area contributed by atoms with Crippen molar-refractivity contribution in [2.24, 2.45) is 11.8 Å². The Morgan fingerprint density at radius 1 is 1.21 bits per heavy atom. The molecule has 0 saturated carbocycles. The van der Waals surface area contributed by atoms with Crippen molar-refractivity contribution >= 4 is 17.6 Å². The Labute approximate surface area is 109 Å². The number of halogens is 1. The molecular weight excluding hydrogens is 249 g/mol. The van der Waals surface area contributed by atoms with Gasteiger partial charge in [0.1, 0.15) is 5.82 Å². The van der Waals surface area contributed by atoms with Crippen LogP contribution in [0.2, 0.25) is 0 Å². The number of amides is 1. The van der Waals surface area contributed by atoms with Crippen LogP contribution in [0.1, 0.15) is 12.8 Å². The Balaban J connectivity index is 2.10. The molecule has 1 aliphatic rings. The maximum atomic E-state index is 13.0. The Morgan fingerprint density at radius 3 is 2.53 bits per heavy atom. The SMILES string of the molecule is O=C(Nc1cccc(F)c1)[C@H]1CC=CC[C@H]1C(=O)O. The van der Waals surface area contributed by atoms with E-state index >= 15 is 0 Å². The van der Waals surface area contributed by atoms with E-state index in [4.69, 9.17) is 5.11 Å². The highest BCUT2D eigenvalue weighted by atomic mass is 19.1. The molecule has 100 valence electrons. The molecule has 19 heavy (non-hydrogen) atoms. The summed E-state index contributed by atoms with van der Waals surface area (Å²) in [6.45, 7) is 0. The molecule has 0 aromatic heterocycles. The van der Waals surface area contributed by atoms with Crippen molar-refractivity contribution < 1.29 is 19.1 Å². The van der Waals surface area contributed by atoms with Crippen molar-refractivity contribution in [2.75, 3.05) is 5.32 Å². The molecule has 1 aliphatic carbocycles. The molecule has 0 saturated heterocycles. The molecule has 1 aromatic carbocycles. The fourth-order valence-electron chi connectivity index (χ4n) is 2.18. The highest BCUT2D eigenvalue weighted by Crippen LogP contribution is 2.27. The third kappa shape index (κ3) is 3.19. The minimum Gasteiger partial charge on any atom is -0.481 e. The molecule has 5 heteroatoms. The summed E-state index contributed by atoms with van der Waals surface area (Å²) >= 11 is 0. The molecule has 2 rings (SSSR count). The van der Waals surface area contributed by atoms with Gasteiger partial charge in [0.2, 0.25) is 5.91 Å². The topological polar surface area (TPSA) is 66.4 Å². The molecule has 0 aliphatic heterocycles. The van der Waals surface area contributed by atoms with E-state index in [1.54, 1.807) is 18.2 Å². The molecular formula is C14H14FNO3. The number of benzene rings is 1. The molecule has 0 heterocycles. The average Bonchev–Trinajstić information content (AvgIpc) is 2.38. The lowest BCUT2D eigenvalue weighted by Gasteiger charge is -2.24. The summed E-state index contributed by atoms with van der Waals surface area (Å²) in [7, 11) is 0. The standard InChI is InChI=1S/C14H14FNO3/c15-9-4-3-5-10(8-9)16-13(17)11-6-1-2-7-12(11)14(18)19/h1-5,8,11-12H,6-7H2,(H,16,17)(H,18,19)/t11-,12+/m0/s1. The highest BCUT2D eigenvalue weighted by molar-refractivity contribution is 5.95. The second kappa shape index (κ2) is 5.65. The lowest BCUT2D eigenvalue weighted by molar-refractivity contribution is -0.146. The second-order valence-corrected chi connectivity index (χ2v) is 4.49. The van der Waals surface area contributed by atoms with Crippen molar-refractivity contribution in [3.05, 3.63) is 42.2 Å². The molecule has 4 nitrogen and oxygen atoms in total. The van der Waals surface area contributed by atoms with E-state index in [-0.39, 0.29) is 5.91 Å². The van der Waals surface area contributed by atoms with Crippen molar-refractivity contribution in [3.8, 4) is 0 Å². The number of carboxylic acid groups (broad SMARTS) is 1. The van der Waals surface area contributed by atoms with Crippen LogP contribution in [-0.2, 0) is 9.59 Å². The average molecular weight is 263 g/mol. The van der Waals surface area contributed by atoms with Crippen LogP contribution in [0.25, 0.3) is 0 Å². The summed E-state index contributed by atoms with van der Waals surface area (Å²) in [4.78, 5) is 23.2. The molecule has 0 radical (unpaired) electrons. The van der Waals surface area contributed by atoms with Gasteiger partial charge < -0.3 is 10.4 Å². The summed E-state index contributed by atoms with van der Waals surface area (Å²) in [6, 6.07) is 5.53. The van der Waals surface area contributed by atoms with Gasteiger partial charge in [-0.2, -0.15) is 0 Å². The zero-order valence-corrected chi connectivity index (χ0v) is 10.2. The molecule has 0 unspecified atom stereocenters. The van der Waals surface area contributed by atoms with Crippen LogP contribution in [0.4, 0.5) is 10.1 Å². The van der Waals surface area contributed by atoms with Gasteiger partial charge in [-0.1, -0.05) is 18.2 Å². The monoisotopic (exact) mass is 263 g/mol. The minimum atomic E-state index is -0.983. The zero-order chi connectivity index (χ0) is 13.8. The summed E-state index contributed by atoms with van der Waals surface area (Å²) in [6.07, 6.45) is 4.30. The van der Waals surface area contributed by atoms with Gasteiger partial charge in [0.05, 0.1) is 11.8 Å². The number of anilines is 1. The van der Waals surface area contributed by atoms with Crippen LogP contribution in [0.15, 0.2) is 36.4 Å². The van der Waals surface area contributed by atoms with Gasteiger partial charge in [0.25, 0.3) is 0 Å². The number of rotatable bonds is 3. The lowest BCUT2D eigenvalue weighted by atomic mass is 9.82. The summed E-state index contributed by atoms with van der Waals surface area (Å²) in [5, 5.41) is 11.7. The number of hydrogen-bond donors (Lipinski definition) is 2. The first kappa shape index (κ1) is 13.3. The van der Waals surface area contributed by atoms with E-state index in [1.807, 2.05) is 0 Å². The molecule has 0 spiro atoms. The Bertz CT molecular complexity index is 527. The number of carboxylic acids is 1. The van der Waals surface area contributed by atoms with Crippen molar-refractivity contribution in [2.45, 2.75) is 12.8 Å². The van der Waals surface area contributed by atoms with Crippen molar-refractivity contribution in [3.63, 3.8) is 0 Å². The normalized spacial score (nSPS) is 21.9. The second-order valence-electron chi connectivity index (χ2n) is 4.49. The van der Waals surface area contributed by atoms with E-state index in [0.717, 1.165) is 0 Å². The molecule has 0 bridgehead atoms. The zero-order valence-electron chi connectivity index (χ0n) is 10.2. The highest BCUT2D eigenvalue weighted by Gasteiger charge is 2.33. The number of carbonyl (C=O) groups is 2. The Morgan fingerprint density at radius 2 is 1.89 bits per heavy atom. The third-order valence-corrected chi connectivity index (χ3v) is 3.18. The van der Waals surface area contributed by atoms with Crippen molar-refractivity contribution in [1.82, 2.24) is 0 Å². The Hall–Kier alpha value is -2.17. The molecule has 1 aromatic rings. The summed E-state index contributed by atoms with van der Waals surface area (Å²) in [5.74, 6) is -3.16. The molecule has 2 N–H and O–H groups in total.